The summed E-state index contributed by atoms with van der Waals surface area (Å²) in [5, 5.41) is 2.40. The number of benzene rings is 1. The van der Waals surface area contributed by atoms with Crippen LogP contribution >= 0.6 is 0 Å². The van der Waals surface area contributed by atoms with E-state index >= 15 is 0 Å². The van der Waals surface area contributed by atoms with E-state index in [-0.39, 0.29) is 5.91 Å². The second kappa shape index (κ2) is 7.27. The first kappa shape index (κ1) is 18.5. The van der Waals surface area contributed by atoms with Crippen molar-refractivity contribution >= 4 is 17.9 Å². The maximum atomic E-state index is 12.3. The molecule has 2 atom stereocenters. The molecule has 3 aliphatic heterocycles. The third-order valence-corrected chi connectivity index (χ3v) is 5.49. The number of guanidine groups is 1. The highest BCUT2D eigenvalue weighted by Gasteiger charge is 2.51. The molecule has 3 heterocycles. The molecule has 3 aliphatic rings. The molecule has 8 nitrogen and oxygen atoms in total. The number of nitrogens with zero attached hydrogens (tertiary/aromatic N) is 5. The van der Waals surface area contributed by atoms with Crippen molar-refractivity contribution < 1.29 is 9.59 Å². The Morgan fingerprint density at radius 1 is 1.21 bits per heavy atom. The minimum atomic E-state index is -0.488. The second-order valence-electron chi connectivity index (χ2n) is 7.60. The van der Waals surface area contributed by atoms with Crippen molar-refractivity contribution in [3.63, 3.8) is 0 Å². The molecule has 0 radical (unpaired) electrons. The maximum absolute atomic E-state index is 12.3. The highest BCUT2D eigenvalue weighted by Crippen LogP contribution is 2.31. The quantitative estimate of drug-likeness (QED) is 0.801. The number of carbonyl (C=O) groups is 2. The van der Waals surface area contributed by atoms with Gasteiger partial charge in [-0.25, -0.2) is 9.79 Å². The van der Waals surface area contributed by atoms with Crippen LogP contribution in [0.4, 0.5) is 4.79 Å². The lowest BCUT2D eigenvalue weighted by atomic mass is 10.1. The van der Waals surface area contributed by atoms with Crippen molar-refractivity contribution in [1.82, 2.24) is 24.9 Å². The summed E-state index contributed by atoms with van der Waals surface area (Å²) in [7, 11) is 3.80. The van der Waals surface area contributed by atoms with Crippen molar-refractivity contribution in [3.05, 3.63) is 47.8 Å². The Balaban J connectivity index is 1.37. The number of hydrogen-bond acceptors (Lipinski definition) is 6. The van der Waals surface area contributed by atoms with Crippen LogP contribution in [0.3, 0.4) is 0 Å². The van der Waals surface area contributed by atoms with Gasteiger partial charge in [0.2, 0.25) is 5.96 Å². The van der Waals surface area contributed by atoms with Crippen LogP contribution in [0.15, 0.2) is 47.2 Å². The molecule has 0 bridgehead atoms. The fourth-order valence-corrected chi connectivity index (χ4v) is 4.00. The summed E-state index contributed by atoms with van der Waals surface area (Å²) in [6.07, 6.45) is 2.46. The Labute approximate surface area is 165 Å². The number of fused-ring (bicyclic) bond motifs is 3. The predicted molar refractivity (Wildman–Crippen MR) is 106 cm³/mol. The molecule has 0 spiro atoms. The Hall–Kier alpha value is -2.87. The zero-order valence-corrected chi connectivity index (χ0v) is 16.5. The standard InChI is InChI=1S/C20H26N6O2/c1-14-12-26-16-17(24(3)20(28)22-18(16)27)21-19(26)25(14)11-7-10-23(2)13-15-8-5-4-6-9-15/h4-6,8-9,12,16-17H,7,10-11,13H2,1-3H3,(H,22,27,28). The van der Waals surface area contributed by atoms with E-state index in [2.05, 4.69) is 46.4 Å². The van der Waals surface area contributed by atoms with Gasteiger partial charge in [-0.15, -0.1) is 0 Å². The SMILES string of the molecule is CC1=CN2C(=NC3C2C(=O)NC(=O)N3C)N1CCCN(C)Cc1ccccc1. The lowest BCUT2D eigenvalue weighted by Gasteiger charge is -2.34. The Kier molecular flexibility index (Phi) is 4.80. The van der Waals surface area contributed by atoms with Gasteiger partial charge in [0.05, 0.1) is 0 Å². The van der Waals surface area contributed by atoms with Crippen LogP contribution in [0.5, 0.6) is 0 Å². The van der Waals surface area contributed by atoms with E-state index in [4.69, 9.17) is 4.99 Å². The number of aliphatic imine (C=N–C) groups is 1. The number of imide groups is 1. The van der Waals surface area contributed by atoms with Crippen molar-refractivity contribution in [2.24, 2.45) is 4.99 Å². The minimum absolute atomic E-state index is 0.291. The van der Waals surface area contributed by atoms with Gasteiger partial charge in [0.1, 0.15) is 0 Å². The van der Waals surface area contributed by atoms with Gasteiger partial charge in [-0.3, -0.25) is 10.1 Å². The monoisotopic (exact) mass is 382 g/mol. The first-order valence-electron chi connectivity index (χ1n) is 9.58. The van der Waals surface area contributed by atoms with Gasteiger partial charge < -0.3 is 19.6 Å². The van der Waals surface area contributed by atoms with E-state index < -0.39 is 18.2 Å². The Bertz CT molecular complexity index is 836. The number of hydrogen-bond donors (Lipinski definition) is 1. The molecule has 0 saturated carbocycles. The summed E-state index contributed by atoms with van der Waals surface area (Å²) in [4.78, 5) is 36.7. The molecule has 1 aromatic rings. The van der Waals surface area contributed by atoms with Crippen molar-refractivity contribution in [2.45, 2.75) is 32.1 Å². The molecule has 1 N–H and O–H groups in total. The highest BCUT2D eigenvalue weighted by molar-refractivity contribution is 6.04. The van der Waals surface area contributed by atoms with Crippen LogP contribution in [0.25, 0.3) is 0 Å². The second-order valence-corrected chi connectivity index (χ2v) is 7.60. The summed E-state index contributed by atoms with van der Waals surface area (Å²) in [6, 6.07) is 9.55. The zero-order valence-electron chi connectivity index (χ0n) is 16.5. The summed E-state index contributed by atoms with van der Waals surface area (Å²) in [5.74, 6) is 0.468. The number of likely N-dealkylation sites (N-methyl/N-ethyl adjacent to an activating group) is 1. The molecule has 2 unspecified atom stereocenters. The van der Waals surface area contributed by atoms with Crippen LogP contribution in [-0.4, -0.2) is 76.9 Å². The molecule has 0 aliphatic carbocycles. The largest absolute Gasteiger partial charge is 0.325 e. The average Bonchev–Trinajstić information content (AvgIpc) is 3.17. The number of allylic oxidation sites excluding steroid dienone is 1. The minimum Gasteiger partial charge on any atom is -0.315 e. The van der Waals surface area contributed by atoms with Crippen molar-refractivity contribution in [3.8, 4) is 0 Å². The van der Waals surface area contributed by atoms with E-state index in [9.17, 15) is 9.59 Å². The van der Waals surface area contributed by atoms with Crippen molar-refractivity contribution in [1.29, 1.82) is 0 Å². The van der Waals surface area contributed by atoms with Crippen molar-refractivity contribution in [2.75, 3.05) is 27.2 Å². The van der Waals surface area contributed by atoms with Gasteiger partial charge >= 0.3 is 6.03 Å². The molecule has 1 saturated heterocycles. The normalized spacial score (nSPS) is 23.6. The molecule has 1 aromatic carbocycles. The average molecular weight is 382 g/mol. The highest BCUT2D eigenvalue weighted by atomic mass is 16.2. The lowest BCUT2D eigenvalue weighted by molar-refractivity contribution is -0.126. The third-order valence-electron chi connectivity index (χ3n) is 5.49. The Morgan fingerprint density at radius 2 is 1.96 bits per heavy atom. The van der Waals surface area contributed by atoms with E-state index in [0.29, 0.717) is 0 Å². The van der Waals surface area contributed by atoms with Gasteiger partial charge in [0, 0.05) is 32.0 Å². The zero-order chi connectivity index (χ0) is 19.8. The lowest BCUT2D eigenvalue weighted by Crippen LogP contribution is -2.62. The summed E-state index contributed by atoms with van der Waals surface area (Å²) in [6.45, 7) is 4.71. The molecular weight excluding hydrogens is 356 g/mol. The summed E-state index contributed by atoms with van der Waals surface area (Å²) >= 11 is 0. The van der Waals surface area contributed by atoms with Crippen LogP contribution in [0.2, 0.25) is 0 Å². The molecule has 0 aromatic heterocycles. The number of nitrogens with one attached hydrogen (secondary N) is 1. The molecule has 3 amide bonds. The Morgan fingerprint density at radius 3 is 2.71 bits per heavy atom. The maximum Gasteiger partial charge on any atom is 0.325 e. The number of amides is 3. The topological polar surface area (TPSA) is 71.5 Å². The summed E-state index contributed by atoms with van der Waals surface area (Å²) in [5.41, 5.74) is 2.37. The van der Waals surface area contributed by atoms with E-state index in [1.54, 1.807) is 7.05 Å². The van der Waals surface area contributed by atoms with E-state index in [0.717, 1.165) is 37.7 Å². The van der Waals surface area contributed by atoms with Crippen LogP contribution in [0.1, 0.15) is 18.9 Å². The predicted octanol–water partition coefficient (Wildman–Crippen LogP) is 1.23. The fraction of sp³-hybridized carbons (Fsp3) is 0.450. The first-order chi connectivity index (χ1) is 13.5. The molecule has 1 fully saturated rings. The van der Waals surface area contributed by atoms with Gasteiger partial charge in [-0.2, -0.15) is 0 Å². The van der Waals surface area contributed by atoms with Crippen LogP contribution < -0.4 is 5.32 Å². The molecule has 4 rings (SSSR count). The number of carbonyl (C=O) groups excluding carboxylic acids is 2. The van der Waals surface area contributed by atoms with Crippen LogP contribution in [0, 0.1) is 0 Å². The van der Waals surface area contributed by atoms with Gasteiger partial charge in [0.15, 0.2) is 12.2 Å². The molecule has 28 heavy (non-hydrogen) atoms. The first-order valence-corrected chi connectivity index (χ1v) is 9.58. The van der Waals surface area contributed by atoms with E-state index in [1.165, 1.54) is 10.5 Å². The van der Waals surface area contributed by atoms with E-state index in [1.807, 2.05) is 24.1 Å². The van der Waals surface area contributed by atoms with Gasteiger partial charge in [0.25, 0.3) is 5.91 Å². The molecule has 8 heteroatoms. The van der Waals surface area contributed by atoms with Gasteiger partial charge in [-0.1, -0.05) is 30.3 Å². The third kappa shape index (κ3) is 3.24. The fourth-order valence-electron chi connectivity index (χ4n) is 4.00. The van der Waals surface area contributed by atoms with Crippen LogP contribution in [-0.2, 0) is 11.3 Å². The molecular formula is C20H26N6O2. The summed E-state index contributed by atoms with van der Waals surface area (Å²) < 4.78 is 0. The molecule has 148 valence electrons. The number of rotatable bonds is 6. The smallest absolute Gasteiger partial charge is 0.315 e. The van der Waals surface area contributed by atoms with Gasteiger partial charge in [-0.05, 0) is 32.5 Å². The number of urea groups is 1.